The fourth-order valence-corrected chi connectivity index (χ4v) is 6.53. The summed E-state index contributed by atoms with van der Waals surface area (Å²) in [6.45, 7) is 4.34. The van der Waals surface area contributed by atoms with E-state index in [1.54, 1.807) is 28.9 Å². The van der Waals surface area contributed by atoms with Crippen LogP contribution in [0.4, 0.5) is 5.69 Å². The molecule has 0 bridgehead atoms. The van der Waals surface area contributed by atoms with Gasteiger partial charge in [-0.15, -0.1) is 11.8 Å². The molecule has 2 aliphatic heterocycles. The zero-order valence-corrected chi connectivity index (χ0v) is 30.2. The first-order chi connectivity index (χ1) is 21.4. The maximum Gasteiger partial charge on any atom is 0.271 e. The van der Waals surface area contributed by atoms with Crippen LogP contribution in [0, 0.1) is 10.1 Å². The average Bonchev–Trinajstić information content (AvgIpc) is 3.43. The summed E-state index contributed by atoms with van der Waals surface area (Å²) in [7, 11) is 10.7. The Labute approximate surface area is 291 Å². The molecule has 1 amide bonds. The summed E-state index contributed by atoms with van der Waals surface area (Å²) in [5.41, 5.74) is 1.73. The summed E-state index contributed by atoms with van der Waals surface area (Å²) in [5.74, 6) is 1.73. The van der Waals surface area contributed by atoms with Crippen LogP contribution in [-0.2, 0) is 16.1 Å². The number of anilines is 1. The molecule has 0 radical (unpaired) electrons. The molecule has 0 aliphatic carbocycles. The lowest BCUT2D eigenvalue weighted by atomic mass is 10.3. The number of rotatable bonds is 5. The number of thiocarbonyl (C=S) groups is 2. The number of carbonyl (C=O) groups is 1. The monoisotopic (exact) mass is 730 g/mol. The van der Waals surface area contributed by atoms with Crippen LogP contribution >= 0.6 is 69.4 Å². The molecule has 0 unspecified atom stereocenters. The number of benzene rings is 1. The van der Waals surface area contributed by atoms with Crippen LogP contribution in [0.5, 0.6) is 0 Å². The van der Waals surface area contributed by atoms with Gasteiger partial charge in [-0.1, -0.05) is 60.3 Å². The number of hydrazone groups is 1. The number of allylic oxidation sites excluding steroid dienone is 1. The third-order valence-corrected chi connectivity index (χ3v) is 10.9. The van der Waals surface area contributed by atoms with Crippen molar-refractivity contribution in [1.82, 2.24) is 25.0 Å². The molecule has 0 spiro atoms. The molecule has 2 aliphatic rings. The Morgan fingerprint density at radius 3 is 2.36 bits per heavy atom. The van der Waals surface area contributed by atoms with E-state index in [-0.39, 0.29) is 11.9 Å². The van der Waals surface area contributed by atoms with Crippen molar-refractivity contribution in [3.05, 3.63) is 80.2 Å². The summed E-state index contributed by atoms with van der Waals surface area (Å²) in [5, 5.41) is 19.0. The lowest BCUT2D eigenvalue weighted by Gasteiger charge is -2.17. The number of ether oxygens (including phenoxy) is 1. The van der Waals surface area contributed by atoms with Gasteiger partial charge in [0.05, 0.1) is 6.61 Å². The Bertz CT molecular complexity index is 1340. The van der Waals surface area contributed by atoms with Crippen LogP contribution in [-0.4, -0.2) is 98.9 Å². The molecular formula is C27H35ClN8O4S5. The summed E-state index contributed by atoms with van der Waals surface area (Å²) in [4.78, 5) is 32.4. The number of nitro groups is 1. The molecule has 4 rings (SSSR count). The van der Waals surface area contributed by atoms with Gasteiger partial charge in [0, 0.05) is 65.5 Å². The van der Waals surface area contributed by atoms with Gasteiger partial charge in [-0.25, -0.2) is 15.1 Å². The minimum absolute atomic E-state index is 0.0894. The minimum Gasteiger partial charge on any atom is -0.496 e. The first kappa shape index (κ1) is 38.4. The molecule has 12 nitrogen and oxygen atoms in total. The topological polar surface area (TPSA) is 128 Å². The predicted octanol–water partition coefficient (Wildman–Crippen LogP) is 5.37. The number of carbonyl (C=O) groups excluding carboxylic acids is 1. The molecular weight excluding hydrogens is 696 g/mol. The van der Waals surface area contributed by atoms with Crippen molar-refractivity contribution >= 4 is 95.6 Å². The van der Waals surface area contributed by atoms with Gasteiger partial charge >= 0.3 is 0 Å². The Kier molecular flexibility index (Phi) is 17.3. The summed E-state index contributed by atoms with van der Waals surface area (Å²) in [6.07, 6.45) is 1.64. The number of guanidine groups is 1. The standard InChI is InChI=1S/C12H13NO2S.C9H10ClN5O2.C6H12N2S4/c1-9-11(16-8-7-15-9)12(14)13-10-5-3-2-4-6-10;10-8-2-1-7(5-12-8)6-14-4-3-11-9(14)13-15(16)17;1-7(2)5(9)11-12-6(10)8(3)4/h2-6H,7-8H2,1H3,(H,13,14);1-2,5H,3-4,6H2,(H,11,13);1-4H3. The smallest absolute Gasteiger partial charge is 0.271 e. The van der Waals surface area contributed by atoms with E-state index in [0.717, 1.165) is 25.6 Å². The average molecular weight is 731 g/mol. The second kappa shape index (κ2) is 20.3. The lowest BCUT2D eigenvalue weighted by Crippen LogP contribution is -2.30. The van der Waals surface area contributed by atoms with E-state index in [1.165, 1.54) is 21.6 Å². The molecule has 1 fully saturated rings. The number of aromatic nitrogens is 1. The van der Waals surface area contributed by atoms with Crippen molar-refractivity contribution in [3.8, 4) is 0 Å². The van der Waals surface area contributed by atoms with E-state index in [0.29, 0.717) is 42.1 Å². The van der Waals surface area contributed by atoms with Crippen molar-refractivity contribution in [3.63, 3.8) is 0 Å². The second-order valence-corrected chi connectivity index (χ2v) is 14.3. The van der Waals surface area contributed by atoms with E-state index >= 15 is 0 Å². The zero-order valence-electron chi connectivity index (χ0n) is 25.4. The molecule has 45 heavy (non-hydrogen) atoms. The van der Waals surface area contributed by atoms with Crippen LogP contribution in [0.3, 0.4) is 0 Å². The largest absolute Gasteiger partial charge is 0.496 e. The number of para-hydroxylation sites is 1. The zero-order chi connectivity index (χ0) is 33.4. The molecule has 2 aromatic rings. The number of thioether (sulfide) groups is 1. The highest BCUT2D eigenvalue weighted by atomic mass is 35.5. The summed E-state index contributed by atoms with van der Waals surface area (Å²) in [6, 6.07) is 12.9. The molecule has 0 saturated carbocycles. The fraction of sp³-hybridized carbons (Fsp3) is 0.370. The molecule has 244 valence electrons. The van der Waals surface area contributed by atoms with Crippen LogP contribution in [0.25, 0.3) is 0 Å². The van der Waals surface area contributed by atoms with E-state index in [9.17, 15) is 14.9 Å². The maximum atomic E-state index is 11.9. The Hall–Kier alpha value is -2.83. The van der Waals surface area contributed by atoms with Crippen LogP contribution in [0.1, 0.15) is 12.5 Å². The first-order valence-corrected chi connectivity index (χ1v) is 17.6. The molecule has 18 heteroatoms. The minimum atomic E-state index is -0.708. The number of nitrogens with zero attached hydrogens (tertiary/aromatic N) is 6. The van der Waals surface area contributed by atoms with Crippen molar-refractivity contribution in [2.45, 2.75) is 13.5 Å². The number of hydrogen-bond donors (Lipinski definition) is 2. The molecule has 2 N–H and O–H groups in total. The van der Waals surface area contributed by atoms with E-state index in [4.69, 9.17) is 40.8 Å². The number of nitrogens with one attached hydrogen (secondary N) is 2. The van der Waals surface area contributed by atoms with E-state index < -0.39 is 5.03 Å². The maximum absolute atomic E-state index is 11.9. The molecule has 1 saturated heterocycles. The lowest BCUT2D eigenvalue weighted by molar-refractivity contribution is -0.485. The third kappa shape index (κ3) is 14.9. The molecule has 0 atom stereocenters. The van der Waals surface area contributed by atoms with Gasteiger partial charge in [-0.05, 0) is 52.3 Å². The van der Waals surface area contributed by atoms with Gasteiger partial charge < -0.3 is 30.1 Å². The predicted molar refractivity (Wildman–Crippen MR) is 196 cm³/mol. The number of halogens is 1. The second-order valence-electron chi connectivity index (χ2n) is 9.39. The number of hydrogen-bond acceptors (Lipinski definition) is 10. The Balaban J connectivity index is 0.000000240. The van der Waals surface area contributed by atoms with Crippen molar-refractivity contribution in [2.75, 3.05) is 59.0 Å². The third-order valence-electron chi connectivity index (χ3n) is 5.42. The van der Waals surface area contributed by atoms with Crippen LogP contribution < -0.4 is 10.6 Å². The van der Waals surface area contributed by atoms with Gasteiger partial charge in [0.1, 0.15) is 29.6 Å². The number of amides is 1. The normalized spacial score (nSPS) is 14.5. The van der Waals surface area contributed by atoms with Gasteiger partial charge in [0.15, 0.2) is 5.03 Å². The quantitative estimate of drug-likeness (QED) is 0.135. The van der Waals surface area contributed by atoms with Gasteiger partial charge in [0.2, 0.25) is 0 Å². The van der Waals surface area contributed by atoms with Gasteiger partial charge in [0.25, 0.3) is 11.9 Å². The first-order valence-electron chi connectivity index (χ1n) is 13.3. The Morgan fingerprint density at radius 1 is 1.18 bits per heavy atom. The van der Waals surface area contributed by atoms with Crippen molar-refractivity contribution in [1.29, 1.82) is 0 Å². The molecule has 1 aromatic heterocycles. The van der Waals surface area contributed by atoms with Crippen molar-refractivity contribution in [2.24, 2.45) is 5.10 Å². The highest BCUT2D eigenvalue weighted by molar-refractivity contribution is 8.89. The summed E-state index contributed by atoms with van der Waals surface area (Å²) >= 11 is 17.4. The fourth-order valence-electron chi connectivity index (χ4n) is 3.23. The van der Waals surface area contributed by atoms with Crippen LogP contribution in [0.15, 0.2) is 64.4 Å². The van der Waals surface area contributed by atoms with Crippen molar-refractivity contribution < 1.29 is 14.6 Å². The Morgan fingerprint density at radius 2 is 1.82 bits per heavy atom. The van der Waals surface area contributed by atoms with Gasteiger partial charge in [-0.3, -0.25) is 4.79 Å². The SMILES string of the molecule is CC1=C(C(=O)Nc2ccccc2)SCCO1.CN(C)C(=S)SSC(=S)N(C)C.O=[N+]([O-])/N=C1\NCCN1Cc1ccc(Cl)nc1. The highest BCUT2D eigenvalue weighted by Gasteiger charge is 2.21. The van der Waals surface area contributed by atoms with Gasteiger partial charge in [-0.2, -0.15) is 0 Å². The van der Waals surface area contributed by atoms with E-state index in [1.807, 2.05) is 81.3 Å². The highest BCUT2D eigenvalue weighted by Crippen LogP contribution is 2.27. The number of pyridine rings is 1. The van der Waals surface area contributed by atoms with Crippen LogP contribution in [0.2, 0.25) is 5.15 Å². The van der Waals surface area contributed by atoms with E-state index in [2.05, 4.69) is 20.7 Å². The summed E-state index contributed by atoms with van der Waals surface area (Å²) < 4.78 is 7.02. The molecule has 3 heterocycles. The molecule has 1 aromatic carbocycles.